The average molecular weight is 293 g/mol. The Morgan fingerprint density at radius 1 is 1.24 bits per heavy atom. The van der Waals surface area contributed by atoms with Gasteiger partial charge >= 0.3 is 0 Å². The Balaban J connectivity index is 1.38. The molecule has 1 aromatic carbocycles. The molecule has 1 saturated carbocycles. The van der Waals surface area contributed by atoms with Gasteiger partial charge in [-0.05, 0) is 36.5 Å². The summed E-state index contributed by atoms with van der Waals surface area (Å²) in [5, 5.41) is 13.4. The van der Waals surface area contributed by atoms with Crippen LogP contribution in [0, 0.1) is 5.92 Å². The predicted octanol–water partition coefficient (Wildman–Crippen LogP) is 1.51. The number of ether oxygens (including phenoxy) is 3. The highest BCUT2D eigenvalue weighted by Crippen LogP contribution is 2.32. The lowest BCUT2D eigenvalue weighted by atomic mass is 10.1. The first-order chi connectivity index (χ1) is 10.3. The molecular weight excluding hydrogens is 270 g/mol. The number of fused-ring (bicyclic) bond motifs is 1. The summed E-state index contributed by atoms with van der Waals surface area (Å²) < 4.78 is 16.5. The first-order valence-corrected chi connectivity index (χ1v) is 7.69. The van der Waals surface area contributed by atoms with Crippen molar-refractivity contribution >= 4 is 0 Å². The van der Waals surface area contributed by atoms with Crippen LogP contribution in [-0.2, 0) is 4.74 Å². The number of nitrogens with one attached hydrogen (secondary N) is 1. The van der Waals surface area contributed by atoms with Crippen molar-refractivity contribution in [2.75, 3.05) is 39.5 Å². The van der Waals surface area contributed by atoms with Crippen LogP contribution in [0.5, 0.6) is 11.5 Å². The highest BCUT2D eigenvalue weighted by Gasteiger charge is 2.20. The number of hydrogen-bond donors (Lipinski definition) is 2. The van der Waals surface area contributed by atoms with Crippen LogP contribution in [0.2, 0.25) is 0 Å². The van der Waals surface area contributed by atoms with Gasteiger partial charge in [-0.3, -0.25) is 0 Å². The van der Waals surface area contributed by atoms with E-state index in [2.05, 4.69) is 5.32 Å². The van der Waals surface area contributed by atoms with E-state index in [-0.39, 0.29) is 0 Å². The molecule has 1 fully saturated rings. The van der Waals surface area contributed by atoms with Crippen molar-refractivity contribution in [2.24, 2.45) is 5.92 Å². The molecule has 3 rings (SSSR count). The monoisotopic (exact) mass is 293 g/mol. The zero-order valence-corrected chi connectivity index (χ0v) is 12.2. The van der Waals surface area contributed by atoms with Crippen LogP contribution in [0.15, 0.2) is 18.2 Å². The topological polar surface area (TPSA) is 60.0 Å². The molecule has 0 aromatic heterocycles. The normalized spacial score (nSPS) is 18.5. The lowest BCUT2D eigenvalue weighted by Crippen LogP contribution is -2.25. The van der Waals surface area contributed by atoms with Gasteiger partial charge in [-0.25, -0.2) is 0 Å². The molecule has 5 nitrogen and oxygen atoms in total. The van der Waals surface area contributed by atoms with Gasteiger partial charge in [0.05, 0.1) is 12.7 Å². The van der Waals surface area contributed by atoms with Crippen molar-refractivity contribution in [2.45, 2.75) is 18.9 Å². The van der Waals surface area contributed by atoms with Crippen LogP contribution in [-0.4, -0.2) is 44.6 Å². The SMILES string of the molecule is OC(CNCCOCC1CC1)c1ccc2c(c1)OCCO2. The second-order valence-corrected chi connectivity index (χ2v) is 5.64. The van der Waals surface area contributed by atoms with Crippen molar-refractivity contribution in [3.05, 3.63) is 23.8 Å². The third-order valence-electron chi connectivity index (χ3n) is 3.76. The Morgan fingerprint density at radius 3 is 2.86 bits per heavy atom. The minimum absolute atomic E-state index is 0.506. The van der Waals surface area contributed by atoms with E-state index in [1.54, 1.807) is 0 Å². The second-order valence-electron chi connectivity index (χ2n) is 5.64. The molecule has 0 amide bonds. The maximum Gasteiger partial charge on any atom is 0.161 e. The van der Waals surface area contributed by atoms with E-state index in [9.17, 15) is 5.11 Å². The highest BCUT2D eigenvalue weighted by molar-refractivity contribution is 5.44. The van der Waals surface area contributed by atoms with Crippen LogP contribution in [0.4, 0.5) is 0 Å². The Kier molecular flexibility index (Phi) is 4.95. The van der Waals surface area contributed by atoms with E-state index >= 15 is 0 Å². The number of rotatable bonds is 8. The van der Waals surface area contributed by atoms with Gasteiger partial charge in [0.25, 0.3) is 0 Å². The highest BCUT2D eigenvalue weighted by atomic mass is 16.6. The molecule has 0 saturated heterocycles. The first kappa shape index (κ1) is 14.6. The maximum absolute atomic E-state index is 10.2. The van der Waals surface area contributed by atoms with E-state index in [1.165, 1.54) is 12.8 Å². The summed E-state index contributed by atoms with van der Waals surface area (Å²) in [5.41, 5.74) is 0.839. The largest absolute Gasteiger partial charge is 0.486 e. The zero-order valence-electron chi connectivity index (χ0n) is 12.2. The fourth-order valence-corrected chi connectivity index (χ4v) is 2.30. The summed E-state index contributed by atoms with van der Waals surface area (Å²) in [7, 11) is 0. The molecule has 1 aliphatic carbocycles. The molecule has 0 radical (unpaired) electrons. The number of aliphatic hydroxyl groups excluding tert-OH is 1. The summed E-state index contributed by atoms with van der Waals surface area (Å²) >= 11 is 0. The summed E-state index contributed by atoms with van der Waals surface area (Å²) in [6.07, 6.45) is 2.08. The molecule has 1 unspecified atom stereocenters. The van der Waals surface area contributed by atoms with Gasteiger partial charge in [-0.1, -0.05) is 6.07 Å². The van der Waals surface area contributed by atoms with Crippen molar-refractivity contribution in [3.8, 4) is 11.5 Å². The minimum Gasteiger partial charge on any atom is -0.486 e. The molecule has 0 spiro atoms. The maximum atomic E-state index is 10.2. The fraction of sp³-hybridized carbons (Fsp3) is 0.625. The second kappa shape index (κ2) is 7.11. The fourth-order valence-electron chi connectivity index (χ4n) is 2.30. The Bertz CT molecular complexity index is 462. The van der Waals surface area contributed by atoms with Crippen LogP contribution in [0.25, 0.3) is 0 Å². The molecule has 5 heteroatoms. The third-order valence-corrected chi connectivity index (χ3v) is 3.76. The molecule has 1 aliphatic heterocycles. The lowest BCUT2D eigenvalue weighted by molar-refractivity contribution is 0.119. The van der Waals surface area contributed by atoms with Crippen molar-refractivity contribution in [1.82, 2.24) is 5.32 Å². The van der Waals surface area contributed by atoms with Crippen LogP contribution in [0.1, 0.15) is 24.5 Å². The number of aliphatic hydroxyl groups is 1. The molecule has 21 heavy (non-hydrogen) atoms. The van der Waals surface area contributed by atoms with Gasteiger partial charge in [-0.2, -0.15) is 0 Å². The summed E-state index contributed by atoms with van der Waals surface area (Å²) in [6, 6.07) is 5.58. The summed E-state index contributed by atoms with van der Waals surface area (Å²) in [4.78, 5) is 0. The standard InChI is InChI=1S/C16H23NO4/c18-14(10-17-5-6-19-11-12-1-2-12)13-3-4-15-16(9-13)21-8-7-20-15/h3-4,9,12,14,17-18H,1-2,5-8,10-11H2. The van der Waals surface area contributed by atoms with E-state index in [0.717, 1.165) is 30.4 Å². The van der Waals surface area contributed by atoms with Crippen LogP contribution in [0.3, 0.4) is 0 Å². The van der Waals surface area contributed by atoms with Gasteiger partial charge in [-0.15, -0.1) is 0 Å². The lowest BCUT2D eigenvalue weighted by Gasteiger charge is -2.20. The third kappa shape index (κ3) is 4.33. The molecule has 0 bridgehead atoms. The Hall–Kier alpha value is -1.30. The Labute approximate surface area is 125 Å². The van der Waals surface area contributed by atoms with Crippen molar-refractivity contribution < 1.29 is 19.3 Å². The molecule has 1 heterocycles. The van der Waals surface area contributed by atoms with Crippen LogP contribution < -0.4 is 14.8 Å². The molecule has 2 N–H and O–H groups in total. The number of benzene rings is 1. The molecule has 1 aromatic rings. The first-order valence-electron chi connectivity index (χ1n) is 7.69. The molecule has 1 atom stereocenters. The molecule has 2 aliphatic rings. The predicted molar refractivity (Wildman–Crippen MR) is 78.8 cm³/mol. The number of hydrogen-bond acceptors (Lipinski definition) is 5. The van der Waals surface area contributed by atoms with E-state index in [1.807, 2.05) is 18.2 Å². The smallest absolute Gasteiger partial charge is 0.161 e. The van der Waals surface area contributed by atoms with Crippen molar-refractivity contribution in [1.29, 1.82) is 0 Å². The average Bonchev–Trinajstić information content (AvgIpc) is 3.34. The molecular formula is C16H23NO4. The molecule has 116 valence electrons. The van der Waals surface area contributed by atoms with Gasteiger partial charge < -0.3 is 24.6 Å². The zero-order chi connectivity index (χ0) is 14.5. The van der Waals surface area contributed by atoms with Crippen LogP contribution >= 0.6 is 0 Å². The van der Waals surface area contributed by atoms with E-state index in [0.29, 0.717) is 32.1 Å². The van der Waals surface area contributed by atoms with Gasteiger partial charge in [0.15, 0.2) is 11.5 Å². The van der Waals surface area contributed by atoms with E-state index in [4.69, 9.17) is 14.2 Å². The van der Waals surface area contributed by atoms with Crippen molar-refractivity contribution in [3.63, 3.8) is 0 Å². The van der Waals surface area contributed by atoms with E-state index < -0.39 is 6.10 Å². The summed E-state index contributed by atoms with van der Waals surface area (Å²) in [5.74, 6) is 2.26. The minimum atomic E-state index is -0.552. The van der Waals surface area contributed by atoms with Gasteiger partial charge in [0.2, 0.25) is 0 Å². The quantitative estimate of drug-likeness (QED) is 0.712. The van der Waals surface area contributed by atoms with Gasteiger partial charge in [0, 0.05) is 19.7 Å². The Morgan fingerprint density at radius 2 is 2.05 bits per heavy atom. The summed E-state index contributed by atoms with van der Waals surface area (Å²) in [6.45, 7) is 3.98. The van der Waals surface area contributed by atoms with Gasteiger partial charge in [0.1, 0.15) is 13.2 Å².